The molecule has 0 radical (unpaired) electrons. The van der Waals surface area contributed by atoms with E-state index in [2.05, 4.69) is 25.4 Å². The number of aromatic nitrogens is 2. The molecule has 0 spiro atoms. The van der Waals surface area contributed by atoms with Crippen molar-refractivity contribution in [2.75, 3.05) is 99.2 Å². The number of rotatable bonds is 35. The van der Waals surface area contributed by atoms with Gasteiger partial charge in [-0.2, -0.15) is 0 Å². The highest BCUT2D eigenvalue weighted by molar-refractivity contribution is 7.12. The summed E-state index contributed by atoms with van der Waals surface area (Å²) in [6.45, 7) is 3.89. The Morgan fingerprint density at radius 1 is 0.694 bits per heavy atom. The van der Waals surface area contributed by atoms with Gasteiger partial charge in [-0.15, -0.1) is 11.3 Å². The van der Waals surface area contributed by atoms with E-state index in [0.29, 0.717) is 123 Å². The topological polar surface area (TPSA) is 176 Å². The number of nitrogens with zero attached hydrogens (tertiary/aromatic N) is 4. The van der Waals surface area contributed by atoms with Crippen molar-refractivity contribution < 1.29 is 60.7 Å². The van der Waals surface area contributed by atoms with Gasteiger partial charge >= 0.3 is 6.97 Å². The summed E-state index contributed by atoms with van der Waals surface area (Å²) in [6, 6.07) is 27.3. The van der Waals surface area contributed by atoms with E-state index in [1.165, 1.54) is 11.3 Å². The molecule has 3 aliphatic rings. The molecule has 3 aromatic heterocycles. The van der Waals surface area contributed by atoms with E-state index < -0.39 is 6.97 Å². The number of amides is 3. The second-order valence-corrected chi connectivity index (χ2v) is 21.9. The number of halogens is 2. The van der Waals surface area contributed by atoms with Gasteiger partial charge in [-0.3, -0.25) is 24.1 Å². The first-order chi connectivity index (χ1) is 41.5. The minimum atomic E-state index is -4.13. The molecule has 6 aromatic rings. The average molecular weight is 1180 g/mol. The lowest BCUT2D eigenvalue weighted by Crippen LogP contribution is -2.50. The van der Waals surface area contributed by atoms with Crippen molar-refractivity contribution in [3.63, 3.8) is 0 Å². The van der Waals surface area contributed by atoms with Crippen LogP contribution in [0.4, 0.5) is 8.63 Å². The third-order valence-corrected chi connectivity index (χ3v) is 15.9. The van der Waals surface area contributed by atoms with Gasteiger partial charge in [-0.1, -0.05) is 43.5 Å². The molecule has 6 heterocycles. The molecule has 3 aromatic carbocycles. The van der Waals surface area contributed by atoms with E-state index in [9.17, 15) is 19.2 Å². The Morgan fingerprint density at radius 3 is 2.11 bits per heavy atom. The molecule has 9 rings (SSSR count). The number of nitrogens with one attached hydrogen (secondary N) is 3. The van der Waals surface area contributed by atoms with Crippen molar-refractivity contribution in [2.45, 2.75) is 64.3 Å². The van der Waals surface area contributed by atoms with Crippen LogP contribution in [0.3, 0.4) is 0 Å². The second kappa shape index (κ2) is 31.5. The van der Waals surface area contributed by atoms with Gasteiger partial charge in [-0.25, -0.2) is 0 Å². The van der Waals surface area contributed by atoms with Crippen LogP contribution in [0.15, 0.2) is 120 Å². The number of allylic oxidation sites excluding steroid dienone is 2. The summed E-state index contributed by atoms with van der Waals surface area (Å²) < 4.78 is 70.5. The van der Waals surface area contributed by atoms with Gasteiger partial charge in [0, 0.05) is 116 Å². The van der Waals surface area contributed by atoms with E-state index in [1.54, 1.807) is 98.2 Å². The zero-order chi connectivity index (χ0) is 59.2. The molecule has 3 aliphatic heterocycles. The first-order valence-electron chi connectivity index (χ1n) is 29.5. The van der Waals surface area contributed by atoms with Crippen molar-refractivity contribution >= 4 is 76.7 Å². The molecule has 1 fully saturated rings. The molecule has 450 valence electrons. The second-order valence-electron chi connectivity index (χ2n) is 21.0. The minimum absolute atomic E-state index is 0.00851. The Labute approximate surface area is 499 Å². The van der Waals surface area contributed by atoms with Gasteiger partial charge in [0.2, 0.25) is 11.8 Å². The lowest BCUT2D eigenvalue weighted by molar-refractivity contribution is -0.360. The Kier molecular flexibility index (Phi) is 22.9. The van der Waals surface area contributed by atoms with Crippen LogP contribution in [0.5, 0.6) is 17.2 Å². The number of thiophene rings is 1. The van der Waals surface area contributed by atoms with Gasteiger partial charge < -0.3 is 66.5 Å². The lowest BCUT2D eigenvalue weighted by atomic mass is 9.90. The Balaban J connectivity index is 0.546. The molecule has 17 nitrogen and oxygen atoms in total. The highest BCUT2D eigenvalue weighted by Crippen LogP contribution is 2.35. The molecule has 0 unspecified atom stereocenters. The maximum Gasteiger partial charge on any atom is 0.737 e. The first kappa shape index (κ1) is 61.9. The standard InChI is InChI=1S/C64H76BF2N7O10S/c1-79-53-24-16-49(17-25-53)64(78)57-46-72(33-32-71-34-39-82-40-35-71)58-28-26-55(45-56(57)58)83-36-8-3-2-5-11-61(75)69-30-37-80-41-42-81-38-31-70-62(76)12-6-4-7-29-68-63(77)47-84-54-22-14-48(15-23-54)13-18-50-19-20-51-44-52-21-27-59(60-10-9-43-85-60)74(52)65(66,67)73(50)51/h9-10,13-28,43-46H,2-8,11-12,29-42,47H2,1H3,(H,68,77)(H,69,75)(H,70,76)/b18-13+. The Morgan fingerprint density at radius 2 is 1.39 bits per heavy atom. The number of fused-ring (bicyclic) bond motifs is 3. The van der Waals surface area contributed by atoms with Gasteiger partial charge in [0.05, 0.1) is 58.2 Å². The summed E-state index contributed by atoms with van der Waals surface area (Å²) in [5, 5.41) is 11.3. The number of carbonyl (C=O) groups is 4. The predicted molar refractivity (Wildman–Crippen MR) is 328 cm³/mol. The fraction of sp³-hybridized carbons (Fsp3) is 0.391. The average Bonchev–Trinajstić information content (AvgIpc) is 2.05. The molecule has 3 N–H and O–H groups in total. The van der Waals surface area contributed by atoms with Crippen LogP contribution in [0.1, 0.15) is 95.5 Å². The largest absolute Gasteiger partial charge is 0.737 e. The molecule has 21 heteroatoms. The molecule has 85 heavy (non-hydrogen) atoms. The molecule has 0 saturated carbocycles. The highest BCUT2D eigenvalue weighted by atomic mass is 32.1. The summed E-state index contributed by atoms with van der Waals surface area (Å²) in [4.78, 5) is 54.1. The highest BCUT2D eigenvalue weighted by Gasteiger charge is 2.52. The van der Waals surface area contributed by atoms with Crippen LogP contribution in [0, 0.1) is 0 Å². The lowest BCUT2D eigenvalue weighted by Gasteiger charge is -2.30. The maximum absolute atomic E-state index is 16.1. The van der Waals surface area contributed by atoms with Gasteiger partial charge in [-0.05, 0) is 115 Å². The van der Waals surface area contributed by atoms with Crippen molar-refractivity contribution in [1.82, 2.24) is 29.9 Å². The van der Waals surface area contributed by atoms with E-state index >= 15 is 8.63 Å². The van der Waals surface area contributed by atoms with Crippen LogP contribution in [-0.4, -0.2) is 154 Å². The number of hydrogen-bond donors (Lipinski definition) is 3. The van der Waals surface area contributed by atoms with Crippen molar-refractivity contribution in [2.24, 2.45) is 0 Å². The van der Waals surface area contributed by atoms with Crippen LogP contribution in [-0.2, 0) is 35.1 Å². The number of methoxy groups -OCH3 is 1. The number of ether oxygens (including phenoxy) is 6. The van der Waals surface area contributed by atoms with Crippen molar-refractivity contribution in [3.05, 3.63) is 153 Å². The number of carbonyl (C=O) groups excluding carboxylic acids is 4. The predicted octanol–water partition coefficient (Wildman–Crippen LogP) is 9.25. The molecular weight excluding hydrogens is 1110 g/mol. The van der Waals surface area contributed by atoms with Crippen LogP contribution in [0.25, 0.3) is 29.1 Å². The van der Waals surface area contributed by atoms with E-state index in [0.717, 1.165) is 108 Å². The third kappa shape index (κ3) is 17.5. The molecule has 3 amide bonds. The van der Waals surface area contributed by atoms with E-state index in [1.807, 2.05) is 41.9 Å². The summed E-state index contributed by atoms with van der Waals surface area (Å²) in [7, 11) is 1.61. The minimum Gasteiger partial charge on any atom is -0.497 e. The maximum atomic E-state index is 16.1. The third-order valence-electron chi connectivity index (χ3n) is 15.0. The quantitative estimate of drug-likeness (QED) is 0.0197. The fourth-order valence-electron chi connectivity index (χ4n) is 10.4. The Bertz CT molecular complexity index is 3320. The zero-order valence-corrected chi connectivity index (χ0v) is 49.1. The van der Waals surface area contributed by atoms with Crippen molar-refractivity contribution in [3.8, 4) is 17.2 Å². The van der Waals surface area contributed by atoms with Gasteiger partial charge in [0.1, 0.15) is 17.2 Å². The summed E-state index contributed by atoms with van der Waals surface area (Å²) in [5.74, 6) is 1.55. The molecule has 0 aliphatic carbocycles. The molecule has 0 bridgehead atoms. The number of ketones is 1. The van der Waals surface area contributed by atoms with Crippen LogP contribution >= 0.6 is 11.3 Å². The van der Waals surface area contributed by atoms with E-state index in [-0.39, 0.29) is 30.1 Å². The monoisotopic (exact) mass is 1180 g/mol. The fourth-order valence-corrected chi connectivity index (χ4v) is 11.2. The number of hydrogen-bond acceptors (Lipinski definition) is 12. The Hall–Kier alpha value is -7.69. The molecular formula is C64H76BF2N7O10S. The number of benzene rings is 3. The zero-order valence-electron chi connectivity index (χ0n) is 48.3. The van der Waals surface area contributed by atoms with Crippen LogP contribution in [0.2, 0.25) is 0 Å². The van der Waals surface area contributed by atoms with Gasteiger partial charge in [0.15, 0.2) is 23.8 Å². The first-order valence-corrected chi connectivity index (χ1v) is 30.4. The van der Waals surface area contributed by atoms with Crippen molar-refractivity contribution in [1.29, 1.82) is 0 Å². The summed E-state index contributed by atoms with van der Waals surface area (Å²) in [5.41, 5.74) is 4.81. The van der Waals surface area contributed by atoms with Crippen LogP contribution < -0.4 is 30.2 Å². The van der Waals surface area contributed by atoms with Gasteiger partial charge in [0.25, 0.3) is 5.91 Å². The number of morpholine rings is 1. The number of unbranched alkanes of at least 4 members (excludes halogenated alkanes) is 5. The smallest absolute Gasteiger partial charge is 0.497 e. The molecule has 1 saturated heterocycles. The van der Waals surface area contributed by atoms with E-state index in [4.69, 9.17) is 28.4 Å². The summed E-state index contributed by atoms with van der Waals surface area (Å²) in [6.07, 6.45) is 17.1. The summed E-state index contributed by atoms with van der Waals surface area (Å²) >= 11 is 1.43. The molecule has 0 atom stereocenters. The normalized spacial score (nSPS) is 14.6. The SMILES string of the molecule is COc1ccc(C(=O)c2cn(CCN3CCOCC3)c3ccc(OCCCCCCC(=O)NCCOCCOCCNC(=O)CCCCCNC(=O)COc4ccc(/C=C/c5ccc6n5[B-](F)(F)[N+]5=C(c7cccs7)C=CC5=C6)cc4)cc23)cc1.